The third-order valence-corrected chi connectivity index (χ3v) is 4.01. The number of rotatable bonds is 0. The first-order valence-electron chi connectivity index (χ1n) is 4.15. The fourth-order valence-corrected chi connectivity index (χ4v) is 2.72. The monoisotopic (exact) mass is 174 g/mol. The zero-order valence-corrected chi connectivity index (χ0v) is 7.49. The largest absolute Gasteiger partial charge is 0.379 e. The first-order chi connectivity index (χ1) is 5.41. The van der Waals surface area contributed by atoms with Crippen molar-refractivity contribution in [3.63, 3.8) is 0 Å². The highest BCUT2D eigenvalue weighted by Gasteiger charge is 2.38. The van der Waals surface area contributed by atoms with Crippen molar-refractivity contribution in [2.24, 2.45) is 5.41 Å². The summed E-state index contributed by atoms with van der Waals surface area (Å²) in [6, 6.07) is 0. The molecule has 0 amide bonds. The number of hydrogen-bond donors (Lipinski definition) is 0. The van der Waals surface area contributed by atoms with Gasteiger partial charge in [0.25, 0.3) is 0 Å². The predicted molar refractivity (Wildman–Crippen MR) is 46.0 cm³/mol. The Kier molecular flexibility index (Phi) is 2.39. The van der Waals surface area contributed by atoms with E-state index in [-0.39, 0.29) is 0 Å². The number of hydrogen-bond acceptors (Lipinski definition) is 3. The van der Waals surface area contributed by atoms with Crippen molar-refractivity contribution in [3.8, 4) is 0 Å². The molecule has 2 heterocycles. The molecule has 2 aliphatic heterocycles. The standard InChI is InChI=1S/C8H14O2S/c1-2-9-3-4-10-5-8(1)6-11-7-8/h1-7H2. The lowest BCUT2D eigenvalue weighted by Crippen LogP contribution is -2.42. The second-order valence-electron chi connectivity index (χ2n) is 3.41. The van der Waals surface area contributed by atoms with E-state index in [1.165, 1.54) is 17.9 Å². The molecule has 0 unspecified atom stereocenters. The fraction of sp³-hybridized carbons (Fsp3) is 1.00. The molecule has 0 aromatic carbocycles. The Hall–Kier alpha value is 0.270. The normalized spacial score (nSPS) is 30.5. The van der Waals surface area contributed by atoms with E-state index in [4.69, 9.17) is 9.47 Å². The zero-order chi connectivity index (χ0) is 7.57. The molecule has 3 heteroatoms. The second kappa shape index (κ2) is 3.33. The van der Waals surface area contributed by atoms with E-state index in [2.05, 4.69) is 0 Å². The van der Waals surface area contributed by atoms with Crippen LogP contribution in [0.15, 0.2) is 0 Å². The molecule has 64 valence electrons. The Balaban J connectivity index is 1.86. The summed E-state index contributed by atoms with van der Waals surface area (Å²) in [6.07, 6.45) is 1.19. The van der Waals surface area contributed by atoms with E-state index in [0.717, 1.165) is 26.4 Å². The van der Waals surface area contributed by atoms with Gasteiger partial charge in [0.15, 0.2) is 0 Å². The third kappa shape index (κ3) is 1.71. The lowest BCUT2D eigenvalue weighted by Gasteiger charge is -2.41. The Morgan fingerprint density at radius 2 is 1.82 bits per heavy atom. The minimum absolute atomic E-state index is 0.491. The zero-order valence-electron chi connectivity index (χ0n) is 6.67. The maximum absolute atomic E-state index is 5.49. The Labute approximate surface area is 71.6 Å². The fourth-order valence-electron chi connectivity index (χ4n) is 1.49. The van der Waals surface area contributed by atoms with Gasteiger partial charge in [-0.05, 0) is 6.42 Å². The van der Waals surface area contributed by atoms with E-state index >= 15 is 0 Å². The Bertz CT molecular complexity index is 124. The van der Waals surface area contributed by atoms with Crippen LogP contribution in [-0.4, -0.2) is 37.9 Å². The van der Waals surface area contributed by atoms with E-state index < -0.39 is 0 Å². The van der Waals surface area contributed by atoms with Crippen LogP contribution in [0.25, 0.3) is 0 Å². The van der Waals surface area contributed by atoms with Crippen LogP contribution in [-0.2, 0) is 9.47 Å². The summed E-state index contributed by atoms with van der Waals surface area (Å²) in [5.74, 6) is 2.55. The van der Waals surface area contributed by atoms with Crippen molar-refractivity contribution >= 4 is 11.8 Å². The molecule has 2 aliphatic rings. The highest BCUT2D eigenvalue weighted by molar-refractivity contribution is 8.00. The molecule has 0 saturated carbocycles. The summed E-state index contributed by atoms with van der Waals surface area (Å²) in [7, 11) is 0. The molecule has 0 aliphatic carbocycles. The van der Waals surface area contributed by atoms with Crippen LogP contribution in [0.4, 0.5) is 0 Å². The van der Waals surface area contributed by atoms with Crippen LogP contribution in [0.2, 0.25) is 0 Å². The van der Waals surface area contributed by atoms with Gasteiger partial charge < -0.3 is 9.47 Å². The second-order valence-corrected chi connectivity index (χ2v) is 4.39. The molecular formula is C8H14O2S. The van der Waals surface area contributed by atoms with Gasteiger partial charge in [0.1, 0.15) is 0 Å². The number of thioether (sulfide) groups is 1. The van der Waals surface area contributed by atoms with Gasteiger partial charge in [-0.25, -0.2) is 0 Å². The summed E-state index contributed by atoms with van der Waals surface area (Å²) >= 11 is 2.02. The molecule has 0 bridgehead atoms. The van der Waals surface area contributed by atoms with Crippen LogP contribution in [0.3, 0.4) is 0 Å². The van der Waals surface area contributed by atoms with Gasteiger partial charge in [0, 0.05) is 23.5 Å². The van der Waals surface area contributed by atoms with Crippen molar-refractivity contribution in [2.75, 3.05) is 37.9 Å². The SMILES string of the molecule is C1COCC2(CCO1)CSC2. The molecule has 0 radical (unpaired) electrons. The van der Waals surface area contributed by atoms with Crippen LogP contribution in [0.1, 0.15) is 6.42 Å². The van der Waals surface area contributed by atoms with Crippen LogP contribution >= 0.6 is 11.8 Å². The molecule has 11 heavy (non-hydrogen) atoms. The first kappa shape index (κ1) is 7.90. The minimum atomic E-state index is 0.491. The molecule has 2 nitrogen and oxygen atoms in total. The average molecular weight is 174 g/mol. The van der Waals surface area contributed by atoms with Gasteiger partial charge in [0.2, 0.25) is 0 Å². The highest BCUT2D eigenvalue weighted by Crippen LogP contribution is 2.41. The van der Waals surface area contributed by atoms with Crippen molar-refractivity contribution in [1.82, 2.24) is 0 Å². The maximum atomic E-state index is 5.49. The summed E-state index contributed by atoms with van der Waals surface area (Å²) in [6.45, 7) is 3.46. The molecule has 0 N–H and O–H groups in total. The molecule has 2 saturated heterocycles. The molecular weight excluding hydrogens is 160 g/mol. The van der Waals surface area contributed by atoms with Crippen molar-refractivity contribution in [3.05, 3.63) is 0 Å². The quantitative estimate of drug-likeness (QED) is 0.549. The lowest BCUT2D eigenvalue weighted by atomic mass is 9.89. The van der Waals surface area contributed by atoms with Crippen LogP contribution in [0.5, 0.6) is 0 Å². The molecule has 0 aromatic rings. The smallest absolute Gasteiger partial charge is 0.0700 e. The van der Waals surface area contributed by atoms with Crippen molar-refractivity contribution < 1.29 is 9.47 Å². The molecule has 1 spiro atoms. The third-order valence-electron chi connectivity index (χ3n) is 2.37. The van der Waals surface area contributed by atoms with E-state index in [1.54, 1.807) is 0 Å². The summed E-state index contributed by atoms with van der Waals surface area (Å²) in [5.41, 5.74) is 0.491. The Morgan fingerprint density at radius 3 is 2.55 bits per heavy atom. The van der Waals surface area contributed by atoms with E-state index in [0.29, 0.717) is 5.41 Å². The molecule has 2 rings (SSSR count). The predicted octanol–water partition coefficient (Wildman–Crippen LogP) is 1.16. The summed E-state index contributed by atoms with van der Waals surface area (Å²) in [4.78, 5) is 0. The van der Waals surface area contributed by atoms with Gasteiger partial charge in [0.05, 0.1) is 19.8 Å². The van der Waals surface area contributed by atoms with Gasteiger partial charge in [-0.3, -0.25) is 0 Å². The number of ether oxygens (including phenoxy) is 2. The van der Waals surface area contributed by atoms with Crippen molar-refractivity contribution in [1.29, 1.82) is 0 Å². The van der Waals surface area contributed by atoms with Crippen LogP contribution in [0, 0.1) is 5.41 Å². The average Bonchev–Trinajstić information content (AvgIpc) is 1.82. The van der Waals surface area contributed by atoms with E-state index in [1.807, 2.05) is 11.8 Å². The molecule has 2 fully saturated rings. The topological polar surface area (TPSA) is 18.5 Å². The lowest BCUT2D eigenvalue weighted by molar-refractivity contribution is -0.0285. The van der Waals surface area contributed by atoms with Gasteiger partial charge in [-0.1, -0.05) is 0 Å². The Morgan fingerprint density at radius 1 is 1.00 bits per heavy atom. The minimum Gasteiger partial charge on any atom is -0.379 e. The maximum Gasteiger partial charge on any atom is 0.0700 e. The molecule has 0 aromatic heterocycles. The van der Waals surface area contributed by atoms with E-state index in [9.17, 15) is 0 Å². The first-order valence-corrected chi connectivity index (χ1v) is 5.30. The highest BCUT2D eigenvalue weighted by atomic mass is 32.2. The van der Waals surface area contributed by atoms with Gasteiger partial charge in [-0.2, -0.15) is 11.8 Å². The van der Waals surface area contributed by atoms with Gasteiger partial charge in [-0.15, -0.1) is 0 Å². The van der Waals surface area contributed by atoms with Crippen LogP contribution < -0.4 is 0 Å². The van der Waals surface area contributed by atoms with Gasteiger partial charge >= 0.3 is 0 Å². The van der Waals surface area contributed by atoms with Crippen molar-refractivity contribution in [2.45, 2.75) is 6.42 Å². The summed E-state index contributed by atoms with van der Waals surface area (Å²) < 4.78 is 10.9. The summed E-state index contributed by atoms with van der Waals surface area (Å²) in [5, 5.41) is 0. The molecule has 0 atom stereocenters.